The highest BCUT2D eigenvalue weighted by molar-refractivity contribution is 6.01. The van der Waals surface area contributed by atoms with Crippen LogP contribution in [0.1, 0.15) is 45.1 Å². The molecule has 0 bridgehead atoms. The van der Waals surface area contributed by atoms with Gasteiger partial charge in [-0.15, -0.1) is 0 Å². The van der Waals surface area contributed by atoms with E-state index in [1.807, 2.05) is 57.2 Å². The fourth-order valence-electron chi connectivity index (χ4n) is 3.66. The van der Waals surface area contributed by atoms with Gasteiger partial charge in [0.25, 0.3) is 0 Å². The molecule has 3 rings (SSSR count). The van der Waals surface area contributed by atoms with E-state index >= 15 is 0 Å². The summed E-state index contributed by atoms with van der Waals surface area (Å²) >= 11 is 0. The number of ketones is 1. The number of hydrogen-bond acceptors (Lipinski definition) is 4. The lowest BCUT2D eigenvalue weighted by Crippen LogP contribution is -2.17. The molecule has 0 saturated carbocycles. The van der Waals surface area contributed by atoms with Crippen LogP contribution >= 0.6 is 0 Å². The number of Topliss-reactive ketones (excluding diaryl/α,β-unsaturated/α-hetero) is 1. The highest BCUT2D eigenvalue weighted by Gasteiger charge is 2.20. The van der Waals surface area contributed by atoms with E-state index in [9.17, 15) is 9.59 Å². The van der Waals surface area contributed by atoms with E-state index < -0.39 is 5.97 Å². The van der Waals surface area contributed by atoms with Gasteiger partial charge in [-0.25, -0.2) is 4.79 Å². The molecule has 1 heterocycles. The first-order valence-electron chi connectivity index (χ1n) is 9.29. The van der Waals surface area contributed by atoms with Crippen LogP contribution in [-0.2, 0) is 9.47 Å². The van der Waals surface area contributed by atoms with Crippen molar-refractivity contribution in [3.8, 4) is 0 Å². The summed E-state index contributed by atoms with van der Waals surface area (Å²) in [6, 6.07) is 15.1. The van der Waals surface area contributed by atoms with Gasteiger partial charge in [0, 0.05) is 24.1 Å². The van der Waals surface area contributed by atoms with Crippen LogP contribution < -0.4 is 0 Å². The molecule has 0 N–H and O–H groups in total. The molecule has 5 heteroatoms. The Labute approximate surface area is 164 Å². The first-order chi connectivity index (χ1) is 13.4. The summed E-state index contributed by atoms with van der Waals surface area (Å²) in [5.74, 6) is -0.709. The molecule has 5 nitrogen and oxygen atoms in total. The van der Waals surface area contributed by atoms with Crippen LogP contribution in [0.2, 0.25) is 0 Å². The third-order valence-electron chi connectivity index (χ3n) is 4.95. The molecule has 0 spiro atoms. The van der Waals surface area contributed by atoms with Gasteiger partial charge in [0.05, 0.1) is 18.2 Å². The molecule has 28 heavy (non-hydrogen) atoms. The number of hydrogen-bond donors (Lipinski definition) is 0. The van der Waals surface area contributed by atoms with Gasteiger partial charge in [-0.3, -0.25) is 4.79 Å². The number of ether oxygens (including phenoxy) is 2. The summed E-state index contributed by atoms with van der Waals surface area (Å²) in [6.45, 7) is 6.17. The molecule has 146 valence electrons. The molecule has 0 saturated heterocycles. The summed E-state index contributed by atoms with van der Waals surface area (Å²) in [6.07, 6.45) is 0. The van der Waals surface area contributed by atoms with E-state index in [4.69, 9.17) is 9.47 Å². The van der Waals surface area contributed by atoms with Gasteiger partial charge in [0.1, 0.15) is 0 Å². The number of rotatable bonds is 7. The zero-order valence-corrected chi connectivity index (χ0v) is 16.7. The monoisotopic (exact) mass is 379 g/mol. The van der Waals surface area contributed by atoms with E-state index in [0.29, 0.717) is 17.7 Å². The van der Waals surface area contributed by atoms with E-state index in [1.165, 1.54) is 0 Å². The zero-order valence-electron chi connectivity index (χ0n) is 16.7. The SMILES string of the molecule is COC[C@H](C)n1c(C)cc(C(=O)COC(=O)c2ccc3ccccc3c2)c1C. The van der Waals surface area contributed by atoms with Gasteiger partial charge in [0.2, 0.25) is 5.78 Å². The standard InChI is InChI=1S/C23H25NO4/c1-15-11-21(17(3)24(15)16(2)13-27-4)22(25)14-28-23(26)20-10-9-18-7-5-6-8-19(18)12-20/h5-12,16H,13-14H2,1-4H3/t16-/m0/s1. The number of carbonyl (C=O) groups excluding carboxylic acids is 2. The molecule has 0 unspecified atom stereocenters. The molecule has 0 aliphatic rings. The van der Waals surface area contributed by atoms with Crippen molar-refractivity contribution >= 4 is 22.5 Å². The van der Waals surface area contributed by atoms with Crippen molar-refractivity contribution in [2.75, 3.05) is 20.3 Å². The minimum absolute atomic E-state index is 0.117. The van der Waals surface area contributed by atoms with Crippen molar-refractivity contribution in [3.63, 3.8) is 0 Å². The molecule has 1 aromatic heterocycles. The summed E-state index contributed by atoms with van der Waals surface area (Å²) in [7, 11) is 1.66. The number of aromatic nitrogens is 1. The van der Waals surface area contributed by atoms with Gasteiger partial charge >= 0.3 is 5.97 Å². The Bertz CT molecular complexity index is 1020. The Morgan fingerprint density at radius 3 is 2.46 bits per heavy atom. The summed E-state index contributed by atoms with van der Waals surface area (Å²) in [5.41, 5.74) is 2.84. The third kappa shape index (κ3) is 3.99. The largest absolute Gasteiger partial charge is 0.454 e. The van der Waals surface area contributed by atoms with Gasteiger partial charge in [-0.2, -0.15) is 0 Å². The van der Waals surface area contributed by atoms with Gasteiger partial charge in [0.15, 0.2) is 6.61 Å². The molecule has 0 aliphatic heterocycles. The predicted molar refractivity (Wildman–Crippen MR) is 109 cm³/mol. The lowest BCUT2D eigenvalue weighted by Gasteiger charge is -2.17. The summed E-state index contributed by atoms with van der Waals surface area (Å²) in [5, 5.41) is 2.01. The third-order valence-corrected chi connectivity index (χ3v) is 4.95. The number of aryl methyl sites for hydroxylation is 1. The van der Waals surface area contributed by atoms with Crippen molar-refractivity contribution in [2.45, 2.75) is 26.8 Å². The fourth-order valence-corrected chi connectivity index (χ4v) is 3.66. The Morgan fingerprint density at radius 1 is 1.04 bits per heavy atom. The van der Waals surface area contributed by atoms with Gasteiger partial charge < -0.3 is 14.0 Å². The minimum atomic E-state index is -0.499. The van der Waals surface area contributed by atoms with Crippen LogP contribution in [0.5, 0.6) is 0 Å². The first-order valence-corrected chi connectivity index (χ1v) is 9.29. The number of methoxy groups -OCH3 is 1. The Kier molecular flexibility index (Phi) is 5.95. The number of carbonyl (C=O) groups is 2. The number of nitrogens with zero attached hydrogens (tertiary/aromatic N) is 1. The number of benzene rings is 2. The predicted octanol–water partition coefficient (Wildman–Crippen LogP) is 4.51. The molecule has 0 aliphatic carbocycles. The zero-order chi connectivity index (χ0) is 20.3. The second kappa shape index (κ2) is 8.40. The normalized spacial score (nSPS) is 12.1. The second-order valence-corrected chi connectivity index (χ2v) is 7.02. The van der Waals surface area contributed by atoms with Crippen LogP contribution in [0, 0.1) is 13.8 Å². The molecule has 1 atom stereocenters. The fraction of sp³-hybridized carbons (Fsp3) is 0.304. The van der Waals surface area contributed by atoms with Crippen LogP contribution in [0.25, 0.3) is 10.8 Å². The maximum absolute atomic E-state index is 12.6. The van der Waals surface area contributed by atoms with Crippen LogP contribution in [0.3, 0.4) is 0 Å². The average molecular weight is 379 g/mol. The van der Waals surface area contributed by atoms with Crippen molar-refractivity contribution in [3.05, 3.63) is 71.0 Å². The Morgan fingerprint density at radius 2 is 1.75 bits per heavy atom. The van der Waals surface area contributed by atoms with Gasteiger partial charge in [-0.05, 0) is 49.7 Å². The molecular weight excluding hydrogens is 354 g/mol. The molecular formula is C23H25NO4. The Balaban J connectivity index is 1.71. The van der Waals surface area contributed by atoms with E-state index in [0.717, 1.165) is 22.2 Å². The molecule has 3 aromatic rings. The van der Waals surface area contributed by atoms with Crippen LogP contribution in [-0.4, -0.2) is 36.6 Å². The highest BCUT2D eigenvalue weighted by atomic mass is 16.5. The topological polar surface area (TPSA) is 57.5 Å². The number of fused-ring (bicyclic) bond motifs is 1. The first kappa shape index (κ1) is 19.8. The van der Waals surface area contributed by atoms with Crippen LogP contribution in [0.4, 0.5) is 0 Å². The smallest absolute Gasteiger partial charge is 0.338 e. The molecule has 0 fully saturated rings. The van der Waals surface area contributed by atoms with E-state index in [2.05, 4.69) is 4.57 Å². The minimum Gasteiger partial charge on any atom is -0.454 e. The molecule has 0 radical (unpaired) electrons. The van der Waals surface area contributed by atoms with Crippen molar-refractivity contribution in [1.82, 2.24) is 4.57 Å². The van der Waals surface area contributed by atoms with Gasteiger partial charge in [-0.1, -0.05) is 30.3 Å². The molecule has 0 amide bonds. The molecule has 2 aromatic carbocycles. The van der Waals surface area contributed by atoms with Crippen molar-refractivity contribution < 1.29 is 19.1 Å². The van der Waals surface area contributed by atoms with Crippen molar-refractivity contribution in [2.24, 2.45) is 0 Å². The average Bonchev–Trinajstić information content (AvgIpc) is 2.99. The van der Waals surface area contributed by atoms with E-state index in [1.54, 1.807) is 19.2 Å². The van der Waals surface area contributed by atoms with Crippen molar-refractivity contribution in [1.29, 1.82) is 0 Å². The number of esters is 1. The lowest BCUT2D eigenvalue weighted by molar-refractivity contribution is 0.0474. The summed E-state index contributed by atoms with van der Waals surface area (Å²) in [4.78, 5) is 25.0. The van der Waals surface area contributed by atoms with Crippen LogP contribution in [0.15, 0.2) is 48.5 Å². The maximum atomic E-state index is 12.6. The highest BCUT2D eigenvalue weighted by Crippen LogP contribution is 2.22. The lowest BCUT2D eigenvalue weighted by atomic mass is 10.1. The quantitative estimate of drug-likeness (QED) is 0.448. The second-order valence-electron chi connectivity index (χ2n) is 7.02. The maximum Gasteiger partial charge on any atom is 0.338 e. The van der Waals surface area contributed by atoms with E-state index in [-0.39, 0.29) is 18.4 Å². The summed E-state index contributed by atoms with van der Waals surface area (Å²) < 4.78 is 12.6. The Hall–Kier alpha value is -2.92.